The molecule has 2 aromatic heterocycles. The van der Waals surface area contributed by atoms with Gasteiger partial charge in [-0.05, 0) is 48.6 Å². The minimum Gasteiger partial charge on any atom is -0.490 e. The van der Waals surface area contributed by atoms with Gasteiger partial charge >= 0.3 is 5.97 Å². The molecule has 0 aliphatic carbocycles. The van der Waals surface area contributed by atoms with Gasteiger partial charge < -0.3 is 26.3 Å². The first-order valence-electron chi connectivity index (χ1n) is 16.9. The zero-order valence-corrected chi connectivity index (χ0v) is 31.7. The number of nitriles is 1. The Bertz CT molecular complexity index is 1900. The van der Waals surface area contributed by atoms with Crippen LogP contribution >= 0.6 is 34.7 Å². The number of unbranched alkanes of at least 4 members (excludes halogenated alkanes) is 2. The van der Waals surface area contributed by atoms with Crippen molar-refractivity contribution >= 4 is 58.1 Å². The molecule has 0 radical (unpaired) electrons. The van der Waals surface area contributed by atoms with E-state index in [0.717, 1.165) is 35.5 Å². The van der Waals surface area contributed by atoms with Crippen molar-refractivity contribution < 1.29 is 19.1 Å². The number of amides is 1. The van der Waals surface area contributed by atoms with Crippen LogP contribution in [0.5, 0.6) is 5.75 Å². The molecule has 0 aliphatic heterocycles. The SMILES string of the molecule is [C-]#[N+]c1c(N)nc(SCc2csc(-c3ccc(Cl)cc3)n2)c(C#N)c1-c1ccc(OCCOC(=O)[C@H](CC(C)C)NC(=O)[C@@H](N)CCCCC)cc1. The molecule has 0 spiro atoms. The summed E-state index contributed by atoms with van der Waals surface area (Å²) in [5.41, 5.74) is 15.4. The van der Waals surface area contributed by atoms with Crippen molar-refractivity contribution in [2.24, 2.45) is 11.7 Å². The number of nitrogens with zero attached hydrogens (tertiary/aromatic N) is 4. The predicted octanol–water partition coefficient (Wildman–Crippen LogP) is 8.18. The number of carbonyl (C=O) groups is 2. The number of thiazole rings is 1. The number of aromatic nitrogens is 2. The molecule has 5 N–H and O–H groups in total. The lowest BCUT2D eigenvalue weighted by Crippen LogP contribution is -2.49. The Morgan fingerprint density at radius 2 is 1.81 bits per heavy atom. The van der Waals surface area contributed by atoms with Crippen LogP contribution in [0.1, 0.15) is 64.1 Å². The maximum Gasteiger partial charge on any atom is 0.328 e. The van der Waals surface area contributed by atoms with E-state index in [-0.39, 0.29) is 42.1 Å². The van der Waals surface area contributed by atoms with Crippen LogP contribution in [0.25, 0.3) is 26.5 Å². The van der Waals surface area contributed by atoms with Crippen LogP contribution in [0.3, 0.4) is 0 Å². The summed E-state index contributed by atoms with van der Waals surface area (Å²) < 4.78 is 11.3. The van der Waals surface area contributed by atoms with Gasteiger partial charge in [0.25, 0.3) is 0 Å². The summed E-state index contributed by atoms with van der Waals surface area (Å²) in [6.45, 7) is 13.8. The molecule has 2 atom stereocenters. The zero-order valence-electron chi connectivity index (χ0n) is 29.4. The van der Waals surface area contributed by atoms with Crippen LogP contribution < -0.4 is 21.5 Å². The number of nitrogens with one attached hydrogen (secondary N) is 1. The molecule has 0 saturated heterocycles. The number of benzene rings is 2. The van der Waals surface area contributed by atoms with Gasteiger partial charge in [0, 0.05) is 27.3 Å². The average molecular weight is 760 g/mol. The molecule has 4 aromatic rings. The summed E-state index contributed by atoms with van der Waals surface area (Å²) in [5, 5.41) is 16.8. The minimum atomic E-state index is -0.806. The van der Waals surface area contributed by atoms with Gasteiger partial charge in [-0.3, -0.25) is 4.79 Å². The van der Waals surface area contributed by atoms with E-state index in [2.05, 4.69) is 28.1 Å². The van der Waals surface area contributed by atoms with Gasteiger partial charge in [0.05, 0.1) is 23.9 Å². The maximum atomic E-state index is 12.9. The monoisotopic (exact) mass is 759 g/mol. The van der Waals surface area contributed by atoms with Crippen LogP contribution in [-0.2, 0) is 20.1 Å². The number of hydrogen-bond donors (Lipinski definition) is 3. The number of ether oxygens (including phenoxy) is 2. The molecule has 52 heavy (non-hydrogen) atoms. The third kappa shape index (κ3) is 11.2. The zero-order chi connectivity index (χ0) is 37.6. The molecule has 272 valence electrons. The summed E-state index contributed by atoms with van der Waals surface area (Å²) in [6.07, 6.45) is 3.84. The van der Waals surface area contributed by atoms with Crippen molar-refractivity contribution in [3.8, 4) is 33.5 Å². The number of nitrogens with two attached hydrogens (primary N) is 2. The van der Waals surface area contributed by atoms with Crippen molar-refractivity contribution in [1.29, 1.82) is 5.26 Å². The molecule has 0 unspecified atom stereocenters. The van der Waals surface area contributed by atoms with Crippen molar-refractivity contribution in [2.45, 2.75) is 75.7 Å². The molecule has 4 rings (SSSR count). The lowest BCUT2D eigenvalue weighted by molar-refractivity contribution is -0.149. The smallest absolute Gasteiger partial charge is 0.328 e. The summed E-state index contributed by atoms with van der Waals surface area (Å²) in [5.74, 6) is 0.199. The lowest BCUT2D eigenvalue weighted by Gasteiger charge is -2.21. The number of esters is 1. The molecule has 1 amide bonds. The van der Waals surface area contributed by atoms with Gasteiger partial charge in [0.1, 0.15) is 46.9 Å². The number of pyridine rings is 1. The second kappa shape index (κ2) is 19.8. The number of anilines is 1. The Labute approximate surface area is 317 Å². The van der Waals surface area contributed by atoms with Crippen molar-refractivity contribution in [1.82, 2.24) is 15.3 Å². The van der Waals surface area contributed by atoms with Gasteiger partial charge in [-0.2, -0.15) is 5.26 Å². The minimum absolute atomic E-state index is 0.0270. The van der Waals surface area contributed by atoms with E-state index >= 15 is 0 Å². The van der Waals surface area contributed by atoms with E-state index in [1.807, 2.05) is 43.5 Å². The van der Waals surface area contributed by atoms with Crippen molar-refractivity contribution in [3.63, 3.8) is 0 Å². The second-order valence-electron chi connectivity index (χ2n) is 12.4. The number of hydrogen-bond acceptors (Lipinski definition) is 11. The topological polar surface area (TPSA) is 171 Å². The molecule has 11 nitrogen and oxygen atoms in total. The molecular formula is C38H42ClN7O4S2. The van der Waals surface area contributed by atoms with E-state index in [1.54, 1.807) is 24.3 Å². The predicted molar refractivity (Wildman–Crippen MR) is 207 cm³/mol. The highest BCUT2D eigenvalue weighted by Gasteiger charge is 2.26. The summed E-state index contributed by atoms with van der Waals surface area (Å²) in [6, 6.07) is 15.1. The molecular weight excluding hydrogens is 718 g/mol. The van der Waals surface area contributed by atoms with E-state index in [0.29, 0.717) is 45.5 Å². The first kappa shape index (κ1) is 40.1. The quantitative estimate of drug-likeness (QED) is 0.0389. The number of rotatable bonds is 18. The van der Waals surface area contributed by atoms with E-state index in [9.17, 15) is 14.9 Å². The van der Waals surface area contributed by atoms with E-state index in [4.69, 9.17) is 44.1 Å². The van der Waals surface area contributed by atoms with Gasteiger partial charge in [-0.25, -0.2) is 19.6 Å². The highest BCUT2D eigenvalue weighted by atomic mass is 35.5. The third-order valence-corrected chi connectivity index (χ3v) is 10.1. The Balaban J connectivity index is 1.38. The molecule has 0 saturated carbocycles. The number of nitrogen functional groups attached to an aromatic ring is 1. The fraction of sp³-hybridized carbons (Fsp3) is 0.368. The van der Waals surface area contributed by atoms with Crippen LogP contribution in [-0.4, -0.2) is 47.1 Å². The Morgan fingerprint density at radius 1 is 1.10 bits per heavy atom. The number of halogens is 1. The van der Waals surface area contributed by atoms with E-state index in [1.165, 1.54) is 23.1 Å². The van der Waals surface area contributed by atoms with Crippen LogP contribution in [0, 0.1) is 23.8 Å². The average Bonchev–Trinajstić information content (AvgIpc) is 3.61. The van der Waals surface area contributed by atoms with Gasteiger partial charge in [0.2, 0.25) is 11.6 Å². The van der Waals surface area contributed by atoms with Gasteiger partial charge in [0.15, 0.2) is 0 Å². The molecule has 0 aliphatic rings. The number of thioether (sulfide) groups is 1. The van der Waals surface area contributed by atoms with Crippen LogP contribution in [0.2, 0.25) is 5.02 Å². The molecule has 2 heterocycles. The number of carbonyl (C=O) groups excluding carboxylic acids is 2. The largest absolute Gasteiger partial charge is 0.490 e. The Morgan fingerprint density at radius 3 is 2.46 bits per heavy atom. The molecule has 0 bridgehead atoms. The van der Waals surface area contributed by atoms with Gasteiger partial charge in [-0.1, -0.05) is 87.7 Å². The summed E-state index contributed by atoms with van der Waals surface area (Å²) in [4.78, 5) is 38.2. The van der Waals surface area contributed by atoms with Crippen LogP contribution in [0.15, 0.2) is 58.9 Å². The lowest BCUT2D eigenvalue weighted by atomic mass is 10.00. The standard InChI is InChI=1S/C38H42ClN7O4S2/c1-5-6-7-8-30(41)35(47)45-31(19-23(2)3)38(48)50-18-17-49-28-15-11-24(12-16-28)32-29(20-40)37(46-34(42)33(32)43-4)52-22-27-21-51-36(44-27)25-9-13-26(39)14-10-25/h9-16,21,23,30-31H,5-8,17-19,22,41H2,1-3H3,(H2,42,46)(H,45,47)/t30-,31-/m0/s1. The molecule has 14 heteroatoms. The highest BCUT2D eigenvalue weighted by molar-refractivity contribution is 7.98. The highest BCUT2D eigenvalue weighted by Crippen LogP contribution is 2.42. The van der Waals surface area contributed by atoms with Crippen molar-refractivity contribution in [3.05, 3.63) is 81.6 Å². The normalized spacial score (nSPS) is 12.1. The second-order valence-corrected chi connectivity index (χ2v) is 14.7. The molecule has 0 fully saturated rings. The molecule has 2 aromatic carbocycles. The Hall–Kier alpha value is -4.66. The van der Waals surface area contributed by atoms with Gasteiger partial charge in [-0.15, -0.1) is 11.3 Å². The van der Waals surface area contributed by atoms with Crippen LogP contribution in [0.4, 0.5) is 11.5 Å². The first-order valence-corrected chi connectivity index (χ1v) is 19.2. The maximum absolute atomic E-state index is 12.9. The fourth-order valence-electron chi connectivity index (χ4n) is 5.24. The van der Waals surface area contributed by atoms with Crippen molar-refractivity contribution in [2.75, 3.05) is 18.9 Å². The summed E-state index contributed by atoms with van der Waals surface area (Å²) in [7, 11) is 0. The fourth-order valence-corrected chi connectivity index (χ4v) is 7.19. The summed E-state index contributed by atoms with van der Waals surface area (Å²) >= 11 is 8.85. The third-order valence-electron chi connectivity index (χ3n) is 7.89. The van der Waals surface area contributed by atoms with E-state index < -0.39 is 18.1 Å². The first-order chi connectivity index (χ1) is 25.0. The Kier molecular flexibility index (Phi) is 15.3.